The fourth-order valence-electron chi connectivity index (χ4n) is 5.63. The second-order valence-corrected chi connectivity index (χ2v) is 10.7. The van der Waals surface area contributed by atoms with Crippen LogP contribution >= 0.6 is 0 Å². The summed E-state index contributed by atoms with van der Waals surface area (Å²) in [4.78, 5) is 18.7. The van der Waals surface area contributed by atoms with E-state index in [-0.39, 0.29) is 30.4 Å². The number of aromatic nitrogens is 5. The van der Waals surface area contributed by atoms with Crippen molar-refractivity contribution in [1.82, 2.24) is 30.1 Å². The van der Waals surface area contributed by atoms with E-state index in [1.54, 1.807) is 0 Å². The first kappa shape index (κ1) is 25.5. The van der Waals surface area contributed by atoms with Crippen molar-refractivity contribution in [3.63, 3.8) is 0 Å². The lowest BCUT2D eigenvalue weighted by Crippen LogP contribution is -2.37. The monoisotopic (exact) mass is 530 g/mol. The summed E-state index contributed by atoms with van der Waals surface area (Å²) in [5.41, 5.74) is 2.53. The number of H-pyrrole nitrogens is 1. The van der Waals surface area contributed by atoms with Crippen molar-refractivity contribution in [3.05, 3.63) is 75.8 Å². The molecule has 2 unspecified atom stereocenters. The normalized spacial score (nSPS) is 17.5. The molecule has 1 saturated heterocycles. The Morgan fingerprint density at radius 2 is 1.95 bits per heavy atom. The number of nitrogens with zero attached hydrogens (tertiary/aromatic N) is 5. The molecule has 0 aliphatic carbocycles. The maximum atomic E-state index is 13.3. The number of pyridine rings is 1. The Morgan fingerprint density at radius 3 is 2.72 bits per heavy atom. The topological polar surface area (TPSA) is 107 Å². The van der Waals surface area contributed by atoms with Gasteiger partial charge < -0.3 is 19.2 Å². The molecule has 2 aliphatic heterocycles. The predicted molar refractivity (Wildman–Crippen MR) is 146 cm³/mol. The van der Waals surface area contributed by atoms with Gasteiger partial charge >= 0.3 is 0 Å². The zero-order valence-electron chi connectivity index (χ0n) is 22.4. The highest BCUT2D eigenvalue weighted by atomic mass is 16.7. The second kappa shape index (κ2) is 11.2. The summed E-state index contributed by atoms with van der Waals surface area (Å²) in [6.45, 7) is 7.13. The fraction of sp³-hybridized carbons (Fsp3) is 0.448. The summed E-state index contributed by atoms with van der Waals surface area (Å²) in [5, 5.41) is 13.8. The average Bonchev–Trinajstić information content (AvgIpc) is 3.70. The van der Waals surface area contributed by atoms with E-state index in [0.29, 0.717) is 30.2 Å². The van der Waals surface area contributed by atoms with E-state index in [0.717, 1.165) is 49.1 Å². The van der Waals surface area contributed by atoms with Crippen molar-refractivity contribution in [2.24, 2.45) is 5.92 Å². The van der Waals surface area contributed by atoms with Gasteiger partial charge in [0.15, 0.2) is 17.3 Å². The number of fused-ring (bicyclic) bond motifs is 2. The zero-order chi connectivity index (χ0) is 26.8. The molecular formula is C29H34N6O4. The van der Waals surface area contributed by atoms with Gasteiger partial charge in [-0.1, -0.05) is 44.2 Å². The lowest BCUT2D eigenvalue weighted by molar-refractivity contribution is 0.0864. The molecule has 39 heavy (non-hydrogen) atoms. The number of tetrazole rings is 1. The van der Waals surface area contributed by atoms with Crippen LogP contribution in [0.25, 0.3) is 10.9 Å². The van der Waals surface area contributed by atoms with Gasteiger partial charge in [-0.05, 0) is 53.3 Å². The van der Waals surface area contributed by atoms with Crippen molar-refractivity contribution in [1.29, 1.82) is 0 Å². The van der Waals surface area contributed by atoms with Gasteiger partial charge in [-0.2, -0.15) is 0 Å². The molecule has 0 saturated carbocycles. The second-order valence-electron chi connectivity index (χ2n) is 10.7. The lowest BCUT2D eigenvalue weighted by atomic mass is 9.99. The molecule has 2 aliphatic rings. The first-order valence-electron chi connectivity index (χ1n) is 13.7. The summed E-state index contributed by atoms with van der Waals surface area (Å²) >= 11 is 0. The van der Waals surface area contributed by atoms with Gasteiger partial charge in [-0.25, -0.2) is 4.68 Å². The number of hydrogen-bond acceptors (Lipinski definition) is 8. The third kappa shape index (κ3) is 5.53. The van der Waals surface area contributed by atoms with Crippen LogP contribution in [0.2, 0.25) is 0 Å². The minimum Gasteiger partial charge on any atom is -0.454 e. The van der Waals surface area contributed by atoms with E-state index in [4.69, 9.17) is 14.2 Å². The van der Waals surface area contributed by atoms with Crippen LogP contribution in [-0.2, 0) is 24.2 Å². The first-order valence-corrected chi connectivity index (χ1v) is 13.7. The standard InChI is InChI=1S/C29H34N6O4/c1-19(2)27(28-31-32-33-35(28)17-23-9-6-12-37-23)34(11-10-20-7-4-3-5-8-20)16-22-13-21-14-25-26(39-18-38-25)15-24(21)30-29(22)36/h3-5,7-8,13-15,19,23,27H,6,9-12,16-18H2,1-2H3,(H,30,36). The summed E-state index contributed by atoms with van der Waals surface area (Å²) in [7, 11) is 0. The number of ether oxygens (including phenoxy) is 3. The molecule has 2 atom stereocenters. The van der Waals surface area contributed by atoms with E-state index in [2.05, 4.69) is 63.5 Å². The predicted octanol–water partition coefficient (Wildman–Crippen LogP) is 3.86. The third-order valence-corrected chi connectivity index (χ3v) is 7.57. The van der Waals surface area contributed by atoms with Gasteiger partial charge in [0.05, 0.1) is 24.2 Å². The van der Waals surface area contributed by atoms with E-state index in [1.165, 1.54) is 5.56 Å². The maximum Gasteiger partial charge on any atom is 0.252 e. The van der Waals surface area contributed by atoms with Crippen LogP contribution in [0.15, 0.2) is 53.3 Å². The molecule has 2 aromatic heterocycles. The summed E-state index contributed by atoms with van der Waals surface area (Å²) in [6, 6.07) is 16.0. The largest absolute Gasteiger partial charge is 0.454 e. The highest BCUT2D eigenvalue weighted by molar-refractivity contribution is 5.83. The molecule has 0 amide bonds. The van der Waals surface area contributed by atoms with Gasteiger partial charge in [-0.3, -0.25) is 9.69 Å². The number of rotatable bonds is 10. The van der Waals surface area contributed by atoms with E-state index in [9.17, 15) is 4.79 Å². The Labute approximate surface area is 226 Å². The Kier molecular flexibility index (Phi) is 7.30. The van der Waals surface area contributed by atoms with E-state index >= 15 is 0 Å². The Morgan fingerprint density at radius 1 is 1.13 bits per heavy atom. The number of benzene rings is 2. The van der Waals surface area contributed by atoms with Crippen LogP contribution in [0, 0.1) is 5.92 Å². The Bertz CT molecular complexity index is 1480. The minimum absolute atomic E-state index is 0.100. The molecule has 0 radical (unpaired) electrons. The fourth-order valence-corrected chi connectivity index (χ4v) is 5.63. The Hall–Kier alpha value is -3.76. The highest BCUT2D eigenvalue weighted by Crippen LogP contribution is 2.35. The van der Waals surface area contributed by atoms with Gasteiger partial charge in [0.25, 0.3) is 5.56 Å². The SMILES string of the molecule is CC(C)C(c1nnnn1CC1CCCO1)N(CCc1ccccc1)Cc1cc2cc3c(cc2[nH]c1=O)OCO3. The molecule has 0 bridgehead atoms. The van der Waals surface area contributed by atoms with E-state index in [1.807, 2.05) is 28.9 Å². The first-order chi connectivity index (χ1) is 19.0. The van der Waals surface area contributed by atoms with Crippen LogP contribution < -0.4 is 15.0 Å². The third-order valence-electron chi connectivity index (χ3n) is 7.57. The average molecular weight is 531 g/mol. The molecule has 204 valence electrons. The van der Waals surface area contributed by atoms with Crippen LogP contribution in [-0.4, -0.2) is 56.1 Å². The summed E-state index contributed by atoms with van der Waals surface area (Å²) in [5.74, 6) is 2.33. The molecule has 0 spiro atoms. The van der Waals surface area contributed by atoms with Crippen molar-refractivity contribution in [3.8, 4) is 11.5 Å². The molecular weight excluding hydrogens is 496 g/mol. The maximum absolute atomic E-state index is 13.3. The molecule has 2 aromatic carbocycles. The lowest BCUT2D eigenvalue weighted by Gasteiger charge is -2.33. The van der Waals surface area contributed by atoms with Gasteiger partial charge in [0.2, 0.25) is 6.79 Å². The smallest absolute Gasteiger partial charge is 0.252 e. The molecule has 10 nitrogen and oxygen atoms in total. The highest BCUT2D eigenvalue weighted by Gasteiger charge is 2.31. The zero-order valence-corrected chi connectivity index (χ0v) is 22.4. The molecule has 1 N–H and O–H groups in total. The van der Waals surface area contributed by atoms with Gasteiger partial charge in [-0.15, -0.1) is 5.10 Å². The molecule has 6 rings (SSSR count). The number of aromatic amines is 1. The summed E-state index contributed by atoms with van der Waals surface area (Å²) < 4.78 is 18.8. The quantitative estimate of drug-likeness (QED) is 0.329. The van der Waals surface area contributed by atoms with Crippen molar-refractivity contribution >= 4 is 10.9 Å². The molecule has 1 fully saturated rings. The van der Waals surface area contributed by atoms with Crippen LogP contribution in [0.4, 0.5) is 0 Å². The van der Waals surface area contributed by atoms with E-state index < -0.39 is 0 Å². The van der Waals surface area contributed by atoms with Crippen molar-refractivity contribution in [2.45, 2.75) is 58.3 Å². The Balaban J connectivity index is 1.34. The number of hydrogen-bond donors (Lipinski definition) is 1. The van der Waals surface area contributed by atoms with Crippen molar-refractivity contribution in [2.75, 3.05) is 19.9 Å². The minimum atomic E-state index is -0.118. The van der Waals surface area contributed by atoms with Gasteiger partial charge in [0, 0.05) is 36.7 Å². The molecule has 4 aromatic rings. The van der Waals surface area contributed by atoms with Crippen LogP contribution in [0.3, 0.4) is 0 Å². The number of nitrogens with one attached hydrogen (secondary N) is 1. The summed E-state index contributed by atoms with van der Waals surface area (Å²) in [6.07, 6.45) is 3.02. The molecule has 10 heteroatoms. The van der Waals surface area contributed by atoms with Crippen LogP contribution in [0.1, 0.15) is 49.7 Å². The van der Waals surface area contributed by atoms with Gasteiger partial charge in [0.1, 0.15) is 0 Å². The molecule has 4 heterocycles. The van der Waals surface area contributed by atoms with Crippen LogP contribution in [0.5, 0.6) is 11.5 Å². The van der Waals surface area contributed by atoms with Crippen molar-refractivity contribution < 1.29 is 14.2 Å².